The van der Waals surface area contributed by atoms with E-state index in [1.807, 2.05) is 20.8 Å². The van der Waals surface area contributed by atoms with Crippen molar-refractivity contribution in [1.82, 2.24) is 19.2 Å². The number of methoxy groups -OCH3 is 1. The standard InChI is InChI=1S/C15H25N5O3S/c1-15(2,3)12-16-13(24-18-12)17-14(22)20-7-5-6-19(8-9-23-4)11(21)10-20/h5-10H2,1-4H3,(H,16,17,18,22). The van der Waals surface area contributed by atoms with E-state index in [9.17, 15) is 9.59 Å². The Bertz CT molecular complexity index is 584. The van der Waals surface area contributed by atoms with Gasteiger partial charge in [-0.1, -0.05) is 20.8 Å². The minimum Gasteiger partial charge on any atom is -0.383 e. The number of urea groups is 1. The molecule has 24 heavy (non-hydrogen) atoms. The first-order valence-electron chi connectivity index (χ1n) is 7.98. The molecule has 1 saturated heterocycles. The highest BCUT2D eigenvalue weighted by Crippen LogP contribution is 2.23. The van der Waals surface area contributed by atoms with Gasteiger partial charge in [-0.15, -0.1) is 0 Å². The first-order valence-corrected chi connectivity index (χ1v) is 8.75. The van der Waals surface area contributed by atoms with Gasteiger partial charge in [0.05, 0.1) is 6.61 Å². The van der Waals surface area contributed by atoms with Crippen molar-refractivity contribution in [3.8, 4) is 0 Å². The second-order valence-corrected chi connectivity index (χ2v) is 7.50. The molecule has 0 spiro atoms. The lowest BCUT2D eigenvalue weighted by atomic mass is 9.96. The molecule has 8 nitrogen and oxygen atoms in total. The highest BCUT2D eigenvalue weighted by Gasteiger charge is 2.26. The normalized spacial score (nSPS) is 16.2. The Morgan fingerprint density at radius 3 is 2.75 bits per heavy atom. The van der Waals surface area contributed by atoms with E-state index in [1.54, 1.807) is 12.0 Å². The quantitative estimate of drug-likeness (QED) is 0.885. The van der Waals surface area contributed by atoms with Gasteiger partial charge < -0.3 is 14.5 Å². The Kier molecular flexibility index (Phi) is 6.11. The summed E-state index contributed by atoms with van der Waals surface area (Å²) in [5.74, 6) is 0.632. The Morgan fingerprint density at radius 1 is 1.38 bits per heavy atom. The molecule has 1 aromatic heterocycles. The summed E-state index contributed by atoms with van der Waals surface area (Å²) in [5, 5.41) is 3.20. The van der Waals surface area contributed by atoms with Gasteiger partial charge in [-0.3, -0.25) is 10.1 Å². The topological polar surface area (TPSA) is 87.7 Å². The summed E-state index contributed by atoms with van der Waals surface area (Å²) in [6.45, 7) is 8.34. The molecule has 1 fully saturated rings. The highest BCUT2D eigenvalue weighted by molar-refractivity contribution is 7.09. The second-order valence-electron chi connectivity index (χ2n) is 6.75. The number of amides is 3. The van der Waals surface area contributed by atoms with Crippen molar-refractivity contribution in [1.29, 1.82) is 0 Å². The monoisotopic (exact) mass is 355 g/mol. The van der Waals surface area contributed by atoms with Crippen LogP contribution in [0.25, 0.3) is 0 Å². The zero-order chi connectivity index (χ0) is 17.7. The van der Waals surface area contributed by atoms with Crippen LogP contribution in [0.2, 0.25) is 0 Å². The zero-order valence-corrected chi connectivity index (χ0v) is 15.5. The Hall–Kier alpha value is -1.74. The Morgan fingerprint density at radius 2 is 2.12 bits per heavy atom. The molecular weight excluding hydrogens is 330 g/mol. The molecule has 134 valence electrons. The zero-order valence-electron chi connectivity index (χ0n) is 14.7. The van der Waals surface area contributed by atoms with E-state index >= 15 is 0 Å². The van der Waals surface area contributed by atoms with Gasteiger partial charge >= 0.3 is 6.03 Å². The van der Waals surface area contributed by atoms with E-state index in [-0.39, 0.29) is 23.9 Å². The fourth-order valence-corrected chi connectivity index (χ4v) is 3.03. The number of rotatable bonds is 4. The number of hydrogen-bond acceptors (Lipinski definition) is 6. The molecule has 1 N–H and O–H groups in total. The van der Waals surface area contributed by atoms with E-state index < -0.39 is 0 Å². The molecule has 0 radical (unpaired) electrons. The second kappa shape index (κ2) is 7.89. The van der Waals surface area contributed by atoms with Crippen LogP contribution in [0.5, 0.6) is 0 Å². The third-order valence-corrected chi connectivity index (χ3v) is 4.33. The summed E-state index contributed by atoms with van der Waals surface area (Å²) in [7, 11) is 1.61. The van der Waals surface area contributed by atoms with E-state index in [2.05, 4.69) is 14.7 Å². The van der Waals surface area contributed by atoms with Crippen molar-refractivity contribution in [2.75, 3.05) is 45.2 Å². The molecule has 0 aromatic carbocycles. The lowest BCUT2D eigenvalue weighted by Crippen LogP contribution is -2.42. The van der Waals surface area contributed by atoms with Crippen LogP contribution in [-0.2, 0) is 14.9 Å². The smallest absolute Gasteiger partial charge is 0.324 e. The van der Waals surface area contributed by atoms with Crippen LogP contribution >= 0.6 is 11.5 Å². The summed E-state index contributed by atoms with van der Waals surface area (Å²) in [5.41, 5.74) is -0.167. The molecule has 0 bridgehead atoms. The number of nitrogens with zero attached hydrogens (tertiary/aromatic N) is 4. The average molecular weight is 355 g/mol. The summed E-state index contributed by atoms with van der Waals surface area (Å²) >= 11 is 1.15. The number of anilines is 1. The Labute approximate surface area is 146 Å². The molecule has 0 atom stereocenters. The van der Waals surface area contributed by atoms with Crippen LogP contribution in [0.3, 0.4) is 0 Å². The van der Waals surface area contributed by atoms with Crippen molar-refractivity contribution in [3.05, 3.63) is 5.82 Å². The predicted octanol–water partition coefficient (Wildman–Crippen LogP) is 1.55. The number of aromatic nitrogens is 2. The summed E-state index contributed by atoms with van der Waals surface area (Å²) in [6.07, 6.45) is 0.742. The van der Waals surface area contributed by atoms with Crippen molar-refractivity contribution >= 4 is 28.6 Å². The third-order valence-electron chi connectivity index (χ3n) is 3.70. The van der Waals surface area contributed by atoms with Crippen LogP contribution < -0.4 is 5.32 Å². The summed E-state index contributed by atoms with van der Waals surface area (Å²) in [4.78, 5) is 32.3. The first-order chi connectivity index (χ1) is 11.3. The van der Waals surface area contributed by atoms with E-state index in [0.29, 0.717) is 37.2 Å². The highest BCUT2D eigenvalue weighted by atomic mass is 32.1. The van der Waals surface area contributed by atoms with Gasteiger partial charge in [0.1, 0.15) is 12.4 Å². The van der Waals surface area contributed by atoms with Crippen molar-refractivity contribution in [2.24, 2.45) is 0 Å². The molecule has 0 unspecified atom stereocenters. The molecule has 0 saturated carbocycles. The van der Waals surface area contributed by atoms with E-state index in [0.717, 1.165) is 18.0 Å². The van der Waals surface area contributed by atoms with Crippen LogP contribution in [-0.4, -0.2) is 71.0 Å². The number of ether oxygens (including phenoxy) is 1. The van der Waals surface area contributed by atoms with Gasteiger partial charge in [0, 0.05) is 43.7 Å². The molecule has 1 aliphatic rings. The summed E-state index contributed by atoms with van der Waals surface area (Å²) in [6, 6.07) is -0.312. The SMILES string of the molecule is COCCN1CCCN(C(=O)Nc2nc(C(C)(C)C)ns2)CC1=O. The average Bonchev–Trinajstić information content (AvgIpc) is 2.89. The van der Waals surface area contributed by atoms with E-state index in [4.69, 9.17) is 4.74 Å². The molecule has 9 heteroatoms. The molecule has 0 aliphatic carbocycles. The number of nitrogens with one attached hydrogen (secondary N) is 1. The Balaban J connectivity index is 1.95. The van der Waals surface area contributed by atoms with Gasteiger partial charge in [-0.2, -0.15) is 4.37 Å². The largest absolute Gasteiger partial charge is 0.383 e. The maximum Gasteiger partial charge on any atom is 0.324 e. The molecule has 1 aliphatic heterocycles. The lowest BCUT2D eigenvalue weighted by Gasteiger charge is -2.21. The molecule has 2 heterocycles. The van der Waals surface area contributed by atoms with Crippen molar-refractivity contribution in [3.63, 3.8) is 0 Å². The minimum atomic E-state index is -0.312. The van der Waals surface area contributed by atoms with Crippen LogP contribution in [0.15, 0.2) is 0 Å². The third kappa shape index (κ3) is 4.88. The number of carbonyl (C=O) groups excluding carboxylic acids is 2. The summed E-state index contributed by atoms with van der Waals surface area (Å²) < 4.78 is 9.29. The first kappa shape index (κ1) is 18.6. The van der Waals surface area contributed by atoms with Crippen molar-refractivity contribution in [2.45, 2.75) is 32.6 Å². The van der Waals surface area contributed by atoms with Crippen LogP contribution in [0.1, 0.15) is 33.0 Å². The van der Waals surface area contributed by atoms with Crippen LogP contribution in [0.4, 0.5) is 9.93 Å². The predicted molar refractivity (Wildman–Crippen MR) is 92.3 cm³/mol. The van der Waals surface area contributed by atoms with E-state index in [1.165, 1.54) is 4.90 Å². The van der Waals surface area contributed by atoms with Gasteiger partial charge in [0.2, 0.25) is 11.0 Å². The lowest BCUT2D eigenvalue weighted by molar-refractivity contribution is -0.131. The van der Waals surface area contributed by atoms with Crippen molar-refractivity contribution < 1.29 is 14.3 Å². The van der Waals surface area contributed by atoms with Gasteiger partial charge in [-0.25, -0.2) is 9.78 Å². The minimum absolute atomic E-state index is 0.0626. The fourth-order valence-electron chi connectivity index (χ4n) is 2.28. The van der Waals surface area contributed by atoms with Gasteiger partial charge in [0.25, 0.3) is 0 Å². The molecular formula is C15H25N5O3S. The molecule has 2 rings (SSSR count). The van der Waals surface area contributed by atoms with Crippen LogP contribution in [0, 0.1) is 0 Å². The number of hydrogen-bond donors (Lipinski definition) is 1. The number of carbonyl (C=O) groups is 2. The van der Waals surface area contributed by atoms with Gasteiger partial charge in [0.15, 0.2) is 0 Å². The maximum atomic E-state index is 12.4. The maximum absolute atomic E-state index is 12.4. The fraction of sp³-hybridized carbons (Fsp3) is 0.733. The molecule has 1 aromatic rings. The van der Waals surface area contributed by atoms with Gasteiger partial charge in [-0.05, 0) is 6.42 Å². The molecule has 3 amide bonds.